The summed E-state index contributed by atoms with van der Waals surface area (Å²) in [6.07, 6.45) is 4.01. The first-order valence-corrected chi connectivity index (χ1v) is 8.87. The Hall–Kier alpha value is -1.65. The first kappa shape index (κ1) is 15.7. The molecule has 0 unspecified atom stereocenters. The Balaban J connectivity index is 2.02. The molecule has 1 saturated carbocycles. The Labute approximate surface area is 125 Å². The van der Waals surface area contributed by atoms with Gasteiger partial charge in [-0.3, -0.25) is 0 Å². The van der Waals surface area contributed by atoms with E-state index in [1.54, 1.807) is 12.1 Å². The molecule has 1 aromatic rings. The molecule has 21 heavy (non-hydrogen) atoms. The zero-order chi connectivity index (χ0) is 15.5. The van der Waals surface area contributed by atoms with Crippen LogP contribution in [0.2, 0.25) is 0 Å². The van der Waals surface area contributed by atoms with Gasteiger partial charge in [0.05, 0.1) is 11.8 Å². The van der Waals surface area contributed by atoms with Crippen LogP contribution in [0.15, 0.2) is 12.1 Å². The number of aromatic nitrogens is 1. The average molecular weight is 308 g/mol. The van der Waals surface area contributed by atoms with Gasteiger partial charge in [-0.1, -0.05) is 6.42 Å². The Morgan fingerprint density at radius 1 is 1.43 bits per heavy atom. The lowest BCUT2D eigenvalue weighted by Gasteiger charge is -2.21. The number of sulfonamides is 1. The molecule has 6 nitrogen and oxygen atoms in total. The van der Waals surface area contributed by atoms with Gasteiger partial charge in [0.25, 0.3) is 0 Å². The molecule has 2 N–H and O–H groups in total. The number of nitrogens with zero attached hydrogens (tertiary/aromatic N) is 2. The fraction of sp³-hybridized carbons (Fsp3) is 0.571. The Bertz CT molecular complexity index is 651. The highest BCUT2D eigenvalue weighted by Crippen LogP contribution is 2.26. The van der Waals surface area contributed by atoms with Gasteiger partial charge in [-0.15, -0.1) is 0 Å². The average Bonchev–Trinajstić information content (AvgIpc) is 2.81. The van der Waals surface area contributed by atoms with Gasteiger partial charge < -0.3 is 5.32 Å². The van der Waals surface area contributed by atoms with Gasteiger partial charge >= 0.3 is 0 Å². The van der Waals surface area contributed by atoms with E-state index in [9.17, 15) is 8.42 Å². The van der Waals surface area contributed by atoms with E-state index in [4.69, 9.17) is 5.26 Å². The van der Waals surface area contributed by atoms with Crippen molar-refractivity contribution in [2.24, 2.45) is 5.92 Å². The van der Waals surface area contributed by atoms with Crippen molar-refractivity contribution in [3.05, 3.63) is 23.4 Å². The van der Waals surface area contributed by atoms with E-state index in [-0.39, 0.29) is 12.0 Å². The second-order valence-electron chi connectivity index (χ2n) is 5.53. The molecular formula is C14H20N4O2S. The lowest BCUT2D eigenvalue weighted by atomic mass is 10.0. The molecule has 0 aliphatic heterocycles. The largest absolute Gasteiger partial charge is 0.369 e. The summed E-state index contributed by atoms with van der Waals surface area (Å²) in [5, 5.41) is 12.3. The van der Waals surface area contributed by atoms with Crippen molar-refractivity contribution >= 4 is 15.8 Å². The molecule has 0 aromatic carbocycles. The highest BCUT2D eigenvalue weighted by Gasteiger charge is 2.29. The minimum absolute atomic E-state index is 0.0390. The highest BCUT2D eigenvalue weighted by atomic mass is 32.2. The molecule has 0 amide bonds. The van der Waals surface area contributed by atoms with Crippen LogP contribution in [-0.4, -0.2) is 32.2 Å². The number of aryl methyl sites for hydroxylation is 1. The maximum atomic E-state index is 11.4. The van der Waals surface area contributed by atoms with Crippen molar-refractivity contribution in [1.29, 1.82) is 5.26 Å². The predicted octanol–water partition coefficient (Wildman–Crippen LogP) is 1.39. The molecule has 0 spiro atoms. The van der Waals surface area contributed by atoms with Crippen LogP contribution in [0.5, 0.6) is 0 Å². The van der Waals surface area contributed by atoms with Gasteiger partial charge in [0.1, 0.15) is 11.9 Å². The summed E-state index contributed by atoms with van der Waals surface area (Å²) in [5.74, 6) is 0.788. The molecule has 114 valence electrons. The van der Waals surface area contributed by atoms with Crippen LogP contribution < -0.4 is 10.0 Å². The monoisotopic (exact) mass is 308 g/mol. The summed E-state index contributed by atoms with van der Waals surface area (Å²) < 4.78 is 25.4. The van der Waals surface area contributed by atoms with Gasteiger partial charge in [-0.25, -0.2) is 18.1 Å². The first-order valence-electron chi connectivity index (χ1n) is 6.98. The molecule has 1 aliphatic rings. The van der Waals surface area contributed by atoms with Crippen LogP contribution in [0.4, 0.5) is 5.82 Å². The molecule has 1 fully saturated rings. The van der Waals surface area contributed by atoms with Gasteiger partial charge in [-0.2, -0.15) is 5.26 Å². The predicted molar refractivity (Wildman–Crippen MR) is 81.3 cm³/mol. The number of anilines is 1. The van der Waals surface area contributed by atoms with Crippen molar-refractivity contribution in [3.8, 4) is 6.07 Å². The van der Waals surface area contributed by atoms with Crippen molar-refractivity contribution < 1.29 is 8.42 Å². The number of pyridine rings is 1. The molecular weight excluding hydrogens is 288 g/mol. The van der Waals surface area contributed by atoms with E-state index in [0.29, 0.717) is 17.9 Å². The normalized spacial score (nSPS) is 22.0. The third-order valence-corrected chi connectivity index (χ3v) is 4.44. The minimum atomic E-state index is -3.19. The summed E-state index contributed by atoms with van der Waals surface area (Å²) in [6, 6.07) is 5.61. The van der Waals surface area contributed by atoms with E-state index in [1.165, 1.54) is 6.26 Å². The van der Waals surface area contributed by atoms with Crippen molar-refractivity contribution in [1.82, 2.24) is 9.71 Å². The number of rotatable bonds is 5. The maximum absolute atomic E-state index is 11.4. The molecule has 2 rings (SSSR count). The quantitative estimate of drug-likeness (QED) is 0.857. The number of hydrogen-bond donors (Lipinski definition) is 2. The molecule has 1 heterocycles. The van der Waals surface area contributed by atoms with E-state index in [1.807, 2.05) is 6.92 Å². The van der Waals surface area contributed by atoms with E-state index < -0.39 is 10.0 Å². The standard InChI is InChI=1S/C14H20N4O2S/c1-10-6-7-11(8-15)14(17-10)16-9-12-4-3-5-13(12)18-21(2,19)20/h6-7,12-13,18H,3-5,9H2,1-2H3,(H,16,17)/t12-,13-/m1/s1. The smallest absolute Gasteiger partial charge is 0.208 e. The van der Waals surface area contributed by atoms with E-state index in [0.717, 1.165) is 25.0 Å². The van der Waals surface area contributed by atoms with Gasteiger partial charge in [0.15, 0.2) is 0 Å². The summed E-state index contributed by atoms with van der Waals surface area (Å²) in [5.41, 5.74) is 1.35. The van der Waals surface area contributed by atoms with Gasteiger partial charge in [-0.05, 0) is 37.8 Å². The SMILES string of the molecule is Cc1ccc(C#N)c(NC[C@H]2CCC[C@H]2NS(C)(=O)=O)n1. The molecule has 0 bridgehead atoms. The Kier molecular flexibility index (Phi) is 4.80. The third kappa shape index (κ3) is 4.41. The zero-order valence-corrected chi connectivity index (χ0v) is 13.1. The van der Waals surface area contributed by atoms with E-state index in [2.05, 4.69) is 21.1 Å². The summed E-state index contributed by atoms with van der Waals surface area (Å²) in [4.78, 5) is 4.33. The van der Waals surface area contributed by atoms with Crippen LogP contribution in [0.1, 0.15) is 30.5 Å². The lowest BCUT2D eigenvalue weighted by Crippen LogP contribution is -2.39. The fourth-order valence-corrected chi connectivity index (χ4v) is 3.58. The summed E-state index contributed by atoms with van der Waals surface area (Å²) >= 11 is 0. The zero-order valence-electron chi connectivity index (χ0n) is 12.3. The number of hydrogen-bond acceptors (Lipinski definition) is 5. The fourth-order valence-electron chi connectivity index (χ4n) is 2.72. The van der Waals surface area contributed by atoms with Gasteiger partial charge in [0.2, 0.25) is 10.0 Å². The molecule has 0 radical (unpaired) electrons. The number of nitriles is 1. The maximum Gasteiger partial charge on any atom is 0.208 e. The van der Waals surface area contributed by atoms with Crippen LogP contribution >= 0.6 is 0 Å². The topological polar surface area (TPSA) is 94.9 Å². The molecule has 0 saturated heterocycles. The van der Waals surface area contributed by atoms with E-state index >= 15 is 0 Å². The Morgan fingerprint density at radius 3 is 2.86 bits per heavy atom. The molecule has 2 atom stereocenters. The van der Waals surface area contributed by atoms with Crippen molar-refractivity contribution in [2.45, 2.75) is 32.2 Å². The van der Waals surface area contributed by atoms with Crippen molar-refractivity contribution in [2.75, 3.05) is 18.1 Å². The van der Waals surface area contributed by atoms with Crippen LogP contribution in [-0.2, 0) is 10.0 Å². The third-order valence-electron chi connectivity index (χ3n) is 3.71. The highest BCUT2D eigenvalue weighted by molar-refractivity contribution is 7.88. The molecule has 1 aromatic heterocycles. The second-order valence-corrected chi connectivity index (χ2v) is 7.31. The molecule has 1 aliphatic carbocycles. The number of nitrogens with one attached hydrogen (secondary N) is 2. The van der Waals surface area contributed by atoms with Crippen LogP contribution in [0.3, 0.4) is 0 Å². The second kappa shape index (κ2) is 6.41. The van der Waals surface area contributed by atoms with Crippen molar-refractivity contribution in [3.63, 3.8) is 0 Å². The first-order chi connectivity index (χ1) is 9.89. The summed E-state index contributed by atoms with van der Waals surface area (Å²) in [6.45, 7) is 2.48. The van der Waals surface area contributed by atoms with Crippen LogP contribution in [0, 0.1) is 24.2 Å². The molecule has 7 heteroatoms. The summed E-state index contributed by atoms with van der Waals surface area (Å²) in [7, 11) is -3.19. The van der Waals surface area contributed by atoms with Crippen LogP contribution in [0.25, 0.3) is 0 Å². The minimum Gasteiger partial charge on any atom is -0.369 e. The van der Waals surface area contributed by atoms with Gasteiger partial charge in [0, 0.05) is 18.3 Å². The Morgan fingerprint density at radius 2 is 2.19 bits per heavy atom. The lowest BCUT2D eigenvalue weighted by molar-refractivity contribution is 0.463.